The van der Waals surface area contributed by atoms with Crippen LogP contribution in [0.15, 0.2) is 30.5 Å². The van der Waals surface area contributed by atoms with Crippen LogP contribution in [-0.2, 0) is 6.42 Å². The number of aryl methyl sites for hydroxylation is 2. The highest BCUT2D eigenvalue weighted by Crippen LogP contribution is 2.23. The summed E-state index contributed by atoms with van der Waals surface area (Å²) in [7, 11) is 0. The van der Waals surface area contributed by atoms with Crippen molar-refractivity contribution in [2.45, 2.75) is 20.3 Å². The van der Waals surface area contributed by atoms with Gasteiger partial charge < -0.3 is 15.1 Å². The summed E-state index contributed by atoms with van der Waals surface area (Å²) in [6.07, 6.45) is 2.85. The molecule has 7 nitrogen and oxygen atoms in total. The molecule has 2 fully saturated rings. The highest BCUT2D eigenvalue weighted by Gasteiger charge is 2.27. The fourth-order valence-electron chi connectivity index (χ4n) is 4.01. The van der Waals surface area contributed by atoms with Crippen molar-refractivity contribution in [1.29, 1.82) is 0 Å². The fraction of sp³-hybridized carbons (Fsp3) is 0.409. The highest BCUT2D eigenvalue weighted by atomic mass is 19.1. The molecule has 0 atom stereocenters. The second-order valence-electron chi connectivity index (χ2n) is 7.66. The number of carbonyl (C=O) groups excluding carboxylic acids is 2. The maximum absolute atomic E-state index is 14.7. The van der Waals surface area contributed by atoms with Gasteiger partial charge in [-0.05, 0) is 42.7 Å². The maximum atomic E-state index is 14.7. The Morgan fingerprint density at radius 2 is 1.93 bits per heavy atom. The Labute approximate surface area is 175 Å². The van der Waals surface area contributed by atoms with E-state index in [1.807, 2.05) is 6.20 Å². The summed E-state index contributed by atoms with van der Waals surface area (Å²) in [5.74, 6) is 0.0154. The minimum absolute atomic E-state index is 0.0356. The van der Waals surface area contributed by atoms with Crippen LogP contribution in [0.3, 0.4) is 0 Å². The molecule has 1 aromatic carbocycles. The molecule has 2 saturated heterocycles. The molecule has 2 aromatic rings. The van der Waals surface area contributed by atoms with Gasteiger partial charge in [0.25, 0.3) is 5.91 Å². The number of nitrogens with one attached hydrogen (secondary N) is 1. The predicted molar refractivity (Wildman–Crippen MR) is 114 cm³/mol. The smallest absolute Gasteiger partial charge is 0.321 e. The Bertz CT molecular complexity index is 972. The van der Waals surface area contributed by atoms with Gasteiger partial charge in [-0.3, -0.25) is 9.69 Å². The summed E-state index contributed by atoms with van der Waals surface area (Å²) in [4.78, 5) is 34.5. The van der Waals surface area contributed by atoms with Gasteiger partial charge in [0.05, 0.1) is 5.56 Å². The molecule has 3 heterocycles. The Balaban J connectivity index is 1.42. The van der Waals surface area contributed by atoms with E-state index in [0.29, 0.717) is 45.0 Å². The standard InChI is InChI=1S/C22H26FN5O2/c1-3-16-12-15(2)20(25-14-16)26-8-10-27(11-9-26)21(29)18-5-4-17(13-19(18)23)28-7-6-24-22(28)30/h4-5,12-14H,3,6-11H2,1-2H3,(H,24,30). The molecule has 2 aliphatic rings. The van der Waals surface area contributed by atoms with Crippen molar-refractivity contribution in [2.75, 3.05) is 49.1 Å². The first-order valence-corrected chi connectivity index (χ1v) is 10.3. The van der Waals surface area contributed by atoms with E-state index in [1.54, 1.807) is 11.0 Å². The molecule has 30 heavy (non-hydrogen) atoms. The number of nitrogens with zero attached hydrogens (tertiary/aromatic N) is 4. The molecular weight excluding hydrogens is 385 g/mol. The number of aromatic nitrogens is 1. The average Bonchev–Trinajstić information content (AvgIpc) is 3.19. The van der Waals surface area contributed by atoms with Gasteiger partial charge in [0, 0.05) is 51.2 Å². The Hall–Kier alpha value is -3.16. The predicted octanol–water partition coefficient (Wildman–Crippen LogP) is 2.58. The summed E-state index contributed by atoms with van der Waals surface area (Å²) in [6.45, 7) is 7.48. The lowest BCUT2D eigenvalue weighted by molar-refractivity contribution is 0.0742. The zero-order chi connectivity index (χ0) is 21.3. The summed E-state index contributed by atoms with van der Waals surface area (Å²) >= 11 is 0. The molecule has 0 spiro atoms. The monoisotopic (exact) mass is 411 g/mol. The van der Waals surface area contributed by atoms with E-state index in [9.17, 15) is 14.0 Å². The van der Waals surface area contributed by atoms with Crippen LogP contribution in [0.2, 0.25) is 0 Å². The van der Waals surface area contributed by atoms with Gasteiger partial charge in [0.2, 0.25) is 0 Å². The molecule has 0 radical (unpaired) electrons. The first kappa shape index (κ1) is 20.1. The van der Waals surface area contributed by atoms with Gasteiger partial charge in [0.1, 0.15) is 11.6 Å². The number of hydrogen-bond donors (Lipinski definition) is 1. The zero-order valence-corrected chi connectivity index (χ0v) is 17.3. The lowest BCUT2D eigenvalue weighted by Gasteiger charge is -2.36. The van der Waals surface area contributed by atoms with Gasteiger partial charge in [-0.2, -0.15) is 0 Å². The van der Waals surface area contributed by atoms with Gasteiger partial charge in [-0.25, -0.2) is 14.2 Å². The van der Waals surface area contributed by atoms with E-state index in [1.165, 1.54) is 22.6 Å². The van der Waals surface area contributed by atoms with Crippen LogP contribution in [0.5, 0.6) is 0 Å². The van der Waals surface area contributed by atoms with E-state index >= 15 is 0 Å². The lowest BCUT2D eigenvalue weighted by atomic mass is 10.1. The van der Waals surface area contributed by atoms with Crippen molar-refractivity contribution in [3.05, 3.63) is 53.0 Å². The van der Waals surface area contributed by atoms with Crippen molar-refractivity contribution in [2.24, 2.45) is 0 Å². The SMILES string of the molecule is CCc1cnc(N2CCN(C(=O)c3ccc(N4CCNC4=O)cc3F)CC2)c(C)c1. The number of halogens is 1. The van der Waals surface area contributed by atoms with E-state index < -0.39 is 5.82 Å². The fourth-order valence-corrected chi connectivity index (χ4v) is 4.01. The Morgan fingerprint density at radius 1 is 1.17 bits per heavy atom. The maximum Gasteiger partial charge on any atom is 0.321 e. The molecule has 0 saturated carbocycles. The first-order valence-electron chi connectivity index (χ1n) is 10.3. The van der Waals surface area contributed by atoms with Crippen LogP contribution in [-0.4, -0.2) is 61.1 Å². The number of rotatable bonds is 4. The second kappa shape index (κ2) is 8.30. The lowest BCUT2D eigenvalue weighted by Crippen LogP contribution is -2.49. The third-order valence-electron chi connectivity index (χ3n) is 5.73. The van der Waals surface area contributed by atoms with Crippen LogP contribution in [0.4, 0.5) is 20.7 Å². The number of hydrogen-bond acceptors (Lipinski definition) is 4. The Kier molecular flexibility index (Phi) is 5.57. The van der Waals surface area contributed by atoms with Gasteiger partial charge >= 0.3 is 6.03 Å². The van der Waals surface area contributed by atoms with Crippen LogP contribution >= 0.6 is 0 Å². The van der Waals surface area contributed by atoms with Crippen LogP contribution in [0.25, 0.3) is 0 Å². The number of amides is 3. The van der Waals surface area contributed by atoms with E-state index in [0.717, 1.165) is 17.8 Å². The topological polar surface area (TPSA) is 68.8 Å². The van der Waals surface area contributed by atoms with E-state index in [-0.39, 0.29) is 17.5 Å². The molecule has 1 N–H and O–H groups in total. The minimum atomic E-state index is -0.604. The van der Waals surface area contributed by atoms with Crippen LogP contribution in [0, 0.1) is 12.7 Å². The Morgan fingerprint density at radius 3 is 2.53 bits per heavy atom. The zero-order valence-electron chi connectivity index (χ0n) is 17.3. The third-order valence-corrected chi connectivity index (χ3v) is 5.73. The molecule has 1 aromatic heterocycles. The second-order valence-corrected chi connectivity index (χ2v) is 7.66. The van der Waals surface area contributed by atoms with Crippen molar-refractivity contribution in [3.8, 4) is 0 Å². The number of carbonyl (C=O) groups is 2. The number of urea groups is 1. The van der Waals surface area contributed by atoms with E-state index in [2.05, 4.69) is 35.1 Å². The average molecular weight is 411 g/mol. The molecular formula is C22H26FN5O2. The normalized spacial score (nSPS) is 16.8. The van der Waals surface area contributed by atoms with Crippen molar-refractivity contribution in [1.82, 2.24) is 15.2 Å². The summed E-state index contributed by atoms with van der Waals surface area (Å²) in [5, 5.41) is 2.68. The van der Waals surface area contributed by atoms with Gasteiger partial charge in [-0.15, -0.1) is 0 Å². The molecule has 0 aliphatic carbocycles. The number of benzene rings is 1. The number of anilines is 2. The van der Waals surface area contributed by atoms with Gasteiger partial charge in [0.15, 0.2) is 0 Å². The van der Waals surface area contributed by atoms with Crippen LogP contribution < -0.4 is 15.1 Å². The quantitative estimate of drug-likeness (QED) is 0.840. The molecule has 3 amide bonds. The van der Waals surface area contributed by atoms with E-state index in [4.69, 9.17) is 0 Å². The van der Waals surface area contributed by atoms with Crippen molar-refractivity contribution < 1.29 is 14.0 Å². The van der Waals surface area contributed by atoms with Crippen molar-refractivity contribution >= 4 is 23.4 Å². The third kappa shape index (κ3) is 3.81. The first-order chi connectivity index (χ1) is 14.5. The largest absolute Gasteiger partial charge is 0.353 e. The summed E-state index contributed by atoms with van der Waals surface area (Å²) in [5.41, 5.74) is 2.83. The molecule has 158 valence electrons. The minimum Gasteiger partial charge on any atom is -0.353 e. The number of piperazine rings is 1. The van der Waals surface area contributed by atoms with Crippen LogP contribution in [0.1, 0.15) is 28.4 Å². The molecule has 0 unspecified atom stereocenters. The highest BCUT2D eigenvalue weighted by molar-refractivity contribution is 5.97. The number of pyridine rings is 1. The van der Waals surface area contributed by atoms with Crippen molar-refractivity contribution in [3.63, 3.8) is 0 Å². The molecule has 0 bridgehead atoms. The van der Waals surface area contributed by atoms with Gasteiger partial charge in [-0.1, -0.05) is 13.0 Å². The summed E-state index contributed by atoms with van der Waals surface area (Å²) in [6, 6.07) is 6.26. The molecule has 4 rings (SSSR count). The summed E-state index contributed by atoms with van der Waals surface area (Å²) < 4.78 is 14.7. The molecule has 8 heteroatoms. The molecule has 2 aliphatic heterocycles.